The summed E-state index contributed by atoms with van der Waals surface area (Å²) in [5.74, 6) is 1.78. The molecule has 33 heavy (non-hydrogen) atoms. The van der Waals surface area contributed by atoms with Crippen molar-refractivity contribution in [3.8, 4) is 11.5 Å². The number of hydrogen-bond donors (Lipinski definition) is 0. The Kier molecular flexibility index (Phi) is 7.85. The van der Waals surface area contributed by atoms with Crippen molar-refractivity contribution in [2.45, 2.75) is 20.3 Å². The minimum atomic E-state index is -3.87. The van der Waals surface area contributed by atoms with Gasteiger partial charge in [-0.1, -0.05) is 0 Å². The first kappa shape index (κ1) is 23.9. The van der Waals surface area contributed by atoms with Crippen LogP contribution >= 0.6 is 0 Å². The Morgan fingerprint density at radius 1 is 0.576 bits per heavy atom. The molecule has 0 atom stereocenters. The van der Waals surface area contributed by atoms with Gasteiger partial charge in [-0.15, -0.1) is 0 Å². The topological polar surface area (TPSA) is 24.9 Å². The third kappa shape index (κ3) is 6.03. The summed E-state index contributed by atoms with van der Waals surface area (Å²) in [7, 11) is 8.34. The van der Waals surface area contributed by atoms with Crippen molar-refractivity contribution in [1.82, 2.24) is 9.80 Å². The number of nitrogens with zero attached hydrogens (tertiary/aromatic N) is 2. The zero-order chi connectivity index (χ0) is 23.3. The molecule has 0 bridgehead atoms. The quantitative estimate of drug-likeness (QED) is 0.378. The molecular formula is C28H34N2O2Zr. The van der Waals surface area contributed by atoms with E-state index in [2.05, 4.69) is 135 Å². The third-order valence-electron chi connectivity index (χ3n) is 5.82. The van der Waals surface area contributed by atoms with Crippen LogP contribution in [-0.2, 0) is 34.2 Å². The maximum absolute atomic E-state index is 6.99. The van der Waals surface area contributed by atoms with Crippen molar-refractivity contribution in [2.24, 2.45) is 0 Å². The van der Waals surface area contributed by atoms with Crippen LogP contribution in [0.25, 0.3) is 0 Å². The van der Waals surface area contributed by atoms with E-state index in [9.17, 15) is 0 Å². The van der Waals surface area contributed by atoms with Gasteiger partial charge in [0.1, 0.15) is 0 Å². The van der Waals surface area contributed by atoms with E-state index in [-0.39, 0.29) is 7.25 Å². The molecule has 0 saturated carbocycles. The second-order valence-electron chi connectivity index (χ2n) is 9.28. The van der Waals surface area contributed by atoms with E-state index in [1.807, 2.05) is 0 Å². The van der Waals surface area contributed by atoms with Crippen LogP contribution in [-0.4, -0.2) is 38.0 Å². The normalized spacial score (nSPS) is 15.9. The van der Waals surface area contributed by atoms with E-state index in [1.54, 1.807) is 0 Å². The van der Waals surface area contributed by atoms with E-state index < -0.39 is 21.1 Å². The molecule has 0 aromatic heterocycles. The summed E-state index contributed by atoms with van der Waals surface area (Å²) in [6, 6.07) is 17.0. The fraction of sp³-hybridized carbons (Fsp3) is 0.286. The molecule has 0 saturated heterocycles. The van der Waals surface area contributed by atoms with Gasteiger partial charge in [0.05, 0.1) is 0 Å². The summed E-state index contributed by atoms with van der Waals surface area (Å²) in [5.41, 5.74) is 2.54. The van der Waals surface area contributed by atoms with Gasteiger partial charge in [0, 0.05) is 0 Å². The molecule has 2 aliphatic rings. The number of benzene rings is 2. The third-order valence-corrected chi connectivity index (χ3v) is 15.0. The number of rotatable bonds is 10. The van der Waals surface area contributed by atoms with Gasteiger partial charge in [-0.2, -0.15) is 0 Å². The van der Waals surface area contributed by atoms with E-state index in [4.69, 9.17) is 5.63 Å². The fourth-order valence-electron chi connectivity index (χ4n) is 4.34. The molecule has 0 aliphatic heterocycles. The first-order valence-electron chi connectivity index (χ1n) is 11.5. The predicted octanol–water partition coefficient (Wildman–Crippen LogP) is 6.08. The molecule has 2 aromatic rings. The van der Waals surface area contributed by atoms with Gasteiger partial charge in [-0.05, 0) is 0 Å². The molecule has 0 heterocycles. The number of allylic oxidation sites excluding steroid dienone is 8. The standard InChI is InChI=1S/2C9H13NO.2C5H5.Zr/c2*1-10(2)7-8-3-5-9(11)6-4-8;2*1-2-4-5-3-1;/h2*3-6,11H,7H2,1-2H3;2*1-5H;/q;;;;+2/p-2. The first-order chi connectivity index (χ1) is 15.9. The number of hydrogen-bond acceptors (Lipinski definition) is 4. The molecule has 0 amide bonds. The van der Waals surface area contributed by atoms with E-state index in [0.29, 0.717) is 0 Å². The molecule has 172 valence electrons. The predicted molar refractivity (Wildman–Crippen MR) is 133 cm³/mol. The summed E-state index contributed by atoms with van der Waals surface area (Å²) >= 11 is -3.87. The zero-order valence-electron chi connectivity index (χ0n) is 20.0. The zero-order valence-corrected chi connectivity index (χ0v) is 22.5. The molecule has 0 N–H and O–H groups in total. The molecule has 5 heteroatoms. The second-order valence-corrected chi connectivity index (χ2v) is 17.1. The first-order valence-corrected chi connectivity index (χ1v) is 16.3. The molecule has 0 unspecified atom stereocenters. The van der Waals surface area contributed by atoms with Gasteiger partial charge in [0.25, 0.3) is 0 Å². The van der Waals surface area contributed by atoms with Crippen molar-refractivity contribution in [2.75, 3.05) is 28.2 Å². The van der Waals surface area contributed by atoms with Crippen molar-refractivity contribution < 1.29 is 26.8 Å². The van der Waals surface area contributed by atoms with E-state index in [1.165, 1.54) is 11.1 Å². The van der Waals surface area contributed by atoms with Crippen LogP contribution in [0.2, 0.25) is 7.25 Å². The average Bonchev–Trinajstić information content (AvgIpc) is 3.50. The van der Waals surface area contributed by atoms with Crippen LogP contribution in [0, 0.1) is 0 Å². The van der Waals surface area contributed by atoms with Gasteiger partial charge in [0.15, 0.2) is 0 Å². The monoisotopic (exact) mass is 520 g/mol. The molecule has 4 nitrogen and oxygen atoms in total. The molecule has 2 aliphatic carbocycles. The summed E-state index contributed by atoms with van der Waals surface area (Å²) < 4.78 is 14.3. The molecule has 0 spiro atoms. The van der Waals surface area contributed by atoms with Crippen LogP contribution in [0.1, 0.15) is 11.1 Å². The van der Waals surface area contributed by atoms with Crippen molar-refractivity contribution >= 4 is 0 Å². The van der Waals surface area contributed by atoms with Crippen molar-refractivity contribution in [3.63, 3.8) is 0 Å². The maximum atomic E-state index is 6.99. The van der Waals surface area contributed by atoms with E-state index >= 15 is 0 Å². The Morgan fingerprint density at radius 3 is 1.21 bits per heavy atom. The van der Waals surface area contributed by atoms with Crippen molar-refractivity contribution in [3.05, 3.63) is 108 Å². The molecule has 4 rings (SSSR count). The Hall–Kier alpha value is -2.20. The van der Waals surface area contributed by atoms with Crippen LogP contribution in [0.4, 0.5) is 0 Å². The average molecular weight is 522 g/mol. The molecular weight excluding hydrogens is 488 g/mol. The van der Waals surface area contributed by atoms with Gasteiger partial charge < -0.3 is 0 Å². The summed E-state index contributed by atoms with van der Waals surface area (Å²) in [6.07, 6.45) is 17.5. The Bertz CT molecular complexity index is 927. The minimum absolute atomic E-state index is 0.180. The summed E-state index contributed by atoms with van der Waals surface area (Å²) in [4.78, 5) is 4.34. The van der Waals surface area contributed by atoms with Crippen LogP contribution < -0.4 is 5.63 Å². The Labute approximate surface area is 204 Å². The van der Waals surface area contributed by atoms with Gasteiger partial charge >= 0.3 is 205 Å². The summed E-state index contributed by atoms with van der Waals surface area (Å²) in [6.45, 7) is 1.82. The summed E-state index contributed by atoms with van der Waals surface area (Å²) in [5, 5.41) is 0. The van der Waals surface area contributed by atoms with Crippen molar-refractivity contribution in [1.29, 1.82) is 0 Å². The Morgan fingerprint density at radius 2 is 0.909 bits per heavy atom. The van der Waals surface area contributed by atoms with Gasteiger partial charge in [-0.3, -0.25) is 0 Å². The molecule has 0 fully saturated rings. The fourth-order valence-corrected chi connectivity index (χ4v) is 13.1. The Balaban J connectivity index is 1.67. The second kappa shape index (κ2) is 10.8. The van der Waals surface area contributed by atoms with Gasteiger partial charge in [0.2, 0.25) is 0 Å². The SMILES string of the molecule is CN(C)Cc1ccc([O][Zr]([O]c2ccc(CN(C)C)cc2)([CH]2C=CC=C2)[CH]2C=CC=C2)cc1. The molecule has 2 aromatic carbocycles. The molecule has 0 radical (unpaired) electrons. The van der Waals surface area contributed by atoms with Crippen LogP contribution in [0.5, 0.6) is 11.5 Å². The van der Waals surface area contributed by atoms with Crippen LogP contribution in [0.3, 0.4) is 0 Å². The van der Waals surface area contributed by atoms with E-state index in [0.717, 1.165) is 24.6 Å². The van der Waals surface area contributed by atoms with Gasteiger partial charge in [-0.25, -0.2) is 0 Å². The van der Waals surface area contributed by atoms with Crippen LogP contribution in [0.15, 0.2) is 97.1 Å².